The fourth-order valence-corrected chi connectivity index (χ4v) is 22.3. The van der Waals surface area contributed by atoms with Crippen LogP contribution >= 0.6 is 0 Å². The number of aliphatic carboxylic acids is 1. The van der Waals surface area contributed by atoms with E-state index in [1.54, 1.807) is 37.3 Å². The number of carbonyl (C=O) groups is 11. The summed E-state index contributed by atoms with van der Waals surface area (Å²) in [5.74, 6) is 3.02. The van der Waals surface area contributed by atoms with E-state index < -0.39 is 36.0 Å². The molecule has 19 atom stereocenters. The Labute approximate surface area is 782 Å². The molecule has 4 aromatic carbocycles. The quantitative estimate of drug-likeness (QED) is 0.00851. The van der Waals surface area contributed by atoms with Gasteiger partial charge in [0.2, 0.25) is 5.91 Å². The molecule has 6 aliphatic carbocycles. The largest absolute Gasteiger partial charge is 0.481 e. The normalized spacial score (nSPS) is 26.5. The van der Waals surface area contributed by atoms with E-state index in [1.165, 1.54) is 143 Å². The van der Waals surface area contributed by atoms with Gasteiger partial charge in [-0.15, -0.1) is 0 Å². The highest BCUT2D eigenvalue weighted by atomic mass is 16.4. The molecule has 0 aromatic heterocycles. The number of carboxylic acid groups (broad SMARTS) is 4. The first-order valence-electron chi connectivity index (χ1n) is 49.6. The molecule has 131 heavy (non-hydrogen) atoms. The highest BCUT2D eigenvalue weighted by molar-refractivity contribution is 6.23. The Kier molecular flexibility index (Phi) is 46.2. The number of hydrogen-bond donors (Lipinski definition) is 11. The van der Waals surface area contributed by atoms with Crippen LogP contribution in [0.25, 0.3) is 0 Å². The number of benzene rings is 4. The Morgan fingerprint density at radius 3 is 1.11 bits per heavy atom. The van der Waals surface area contributed by atoms with Crippen LogP contribution in [0.15, 0.2) is 84.9 Å². The molecule has 4 aromatic rings. The average Bonchev–Trinajstić information content (AvgIpc) is 1.66. The van der Waals surface area contributed by atoms with Crippen LogP contribution in [0.3, 0.4) is 0 Å². The number of imide groups is 2. The molecule has 12 rings (SSSR count). The molecule has 0 spiro atoms. The van der Waals surface area contributed by atoms with Gasteiger partial charge in [-0.3, -0.25) is 53.5 Å². The van der Waals surface area contributed by atoms with Crippen molar-refractivity contribution in [3.05, 3.63) is 141 Å². The molecule has 728 valence electrons. The zero-order valence-corrected chi connectivity index (χ0v) is 78.7. The van der Waals surface area contributed by atoms with Gasteiger partial charge >= 0.3 is 23.9 Å². The minimum atomic E-state index is -1.13. The molecule has 8 aliphatic rings. The van der Waals surface area contributed by atoms with Crippen molar-refractivity contribution in [1.82, 2.24) is 31.1 Å². The van der Waals surface area contributed by atoms with Gasteiger partial charge in [-0.2, -0.15) is 0 Å². The number of nitrogens with one attached hydrogen (secondary N) is 4. The second-order valence-electron chi connectivity index (χ2n) is 40.3. The summed E-state index contributed by atoms with van der Waals surface area (Å²) in [5, 5.41) is 59.1. The fourth-order valence-electron chi connectivity index (χ4n) is 22.3. The number of amides is 6. The number of aliphatic hydroxyl groups is 1. The number of aliphatic hydroxyl groups excluding tert-OH is 1. The number of carbonyl (C=O) groups excluding carboxylic acids is 7. The number of Topliss-reactive ketones (excluding diaryl/α,β-unsaturated/α-hetero) is 1. The first-order chi connectivity index (χ1) is 61.7. The van der Waals surface area contributed by atoms with Crippen molar-refractivity contribution >= 4 is 65.1 Å². The number of fused-ring (bicyclic) bond motifs is 2. The predicted molar refractivity (Wildman–Crippen MR) is 518 cm³/mol. The van der Waals surface area contributed by atoms with Gasteiger partial charge in [0, 0.05) is 73.3 Å². The summed E-state index contributed by atoms with van der Waals surface area (Å²) in [5.41, 5.74) is 15.2. The Morgan fingerprint density at radius 1 is 0.374 bits per heavy atom. The summed E-state index contributed by atoms with van der Waals surface area (Å²) >= 11 is 0. The number of nitrogens with two attached hydrogens (primary N) is 2. The van der Waals surface area contributed by atoms with Crippen LogP contribution in [0, 0.1) is 71.0 Å². The summed E-state index contributed by atoms with van der Waals surface area (Å²) in [6.07, 6.45) is 44.1. The van der Waals surface area contributed by atoms with Crippen LogP contribution in [0.2, 0.25) is 0 Å². The summed E-state index contributed by atoms with van der Waals surface area (Å²) < 4.78 is 0. The van der Waals surface area contributed by atoms with E-state index in [0.29, 0.717) is 89.5 Å². The highest BCUT2D eigenvalue weighted by Gasteiger charge is 2.41. The molecule has 6 fully saturated rings. The number of nitrogens with zero attached hydrogens (tertiary/aromatic N) is 2. The standard InChI is InChI=1S/C61H93N5O6.C21H27NO6.C15H30N2.C8H6O4.2CH4/c1-39-31-44(20-26-53(39)62-6)35-46-23-29-56(42(4)34-46)65-59(70)50-24-25-51-52(38-50)61(72)66(60(51)71)30-15-13-11-9-7-8-10-12-14-19-57(68)63-54-27-21-45(32-40(54)2)36-47-22-28-55(41(3)33-47)64-58(69)49-18-16-17-48(37-49)43(5)67;23-18(24)10-8-6-4-2-1-3-5-7-9-13-22-19(25)16-12-11-15(21(27)28)14-17(16)20(22)26;1-10-7-12(3-5-14(10)16)9-13-4-6-15(17)11(2)8-13;9-7(10)5-2-1-3-6(4-5)8(11)12;;/h16-18,24-25,37-42,44-47,53-56,58,62,64,69H,7-15,19-23,26-36H2,1-6H3,(H,63,68)(H,65,70);11-12,14H,1-10,13H2,(H,23,24)(H,27,28);10-15H,3-9,16-17H2,1-2H3;1-4H,(H,9,10)(H,11,12);2*1H4. The number of unbranched alkanes of at least 4 members (excludes halogenated alkanes) is 16. The number of ketones is 1. The van der Waals surface area contributed by atoms with Crippen molar-refractivity contribution in [3.63, 3.8) is 0 Å². The third-order valence-electron chi connectivity index (χ3n) is 30.2. The third-order valence-corrected chi connectivity index (χ3v) is 30.2. The molecule has 13 N–H and O–H groups in total. The maximum Gasteiger partial charge on any atom is 0.335 e. The van der Waals surface area contributed by atoms with Crippen molar-refractivity contribution in [1.29, 1.82) is 0 Å². The second kappa shape index (κ2) is 55.3. The van der Waals surface area contributed by atoms with Gasteiger partial charge in [-0.1, -0.05) is 171 Å². The minimum Gasteiger partial charge on any atom is -0.481 e. The molecular weight excluding hydrogens is 1650 g/mol. The lowest BCUT2D eigenvalue weighted by Gasteiger charge is -2.40. The summed E-state index contributed by atoms with van der Waals surface area (Å²) in [7, 11) is 2.09. The van der Waals surface area contributed by atoms with E-state index in [-0.39, 0.29) is 103 Å². The average molecular weight is 1820 g/mol. The molecule has 19 unspecified atom stereocenters. The van der Waals surface area contributed by atoms with Gasteiger partial charge in [-0.05, 0) is 312 Å². The Morgan fingerprint density at radius 2 is 0.710 bits per heavy atom. The number of rotatable bonds is 41. The predicted octanol–water partition coefficient (Wildman–Crippen LogP) is 21.0. The lowest BCUT2D eigenvalue weighted by Crippen LogP contribution is -2.43. The van der Waals surface area contributed by atoms with Crippen molar-refractivity contribution in [2.24, 2.45) is 82.5 Å². The van der Waals surface area contributed by atoms with Gasteiger partial charge in [0.05, 0.1) is 38.9 Å². The lowest BCUT2D eigenvalue weighted by molar-refractivity contribution is -0.137. The fraction of sp³-hybridized carbons (Fsp3) is 0.673. The zero-order valence-electron chi connectivity index (χ0n) is 78.7. The summed E-state index contributed by atoms with van der Waals surface area (Å²) in [6, 6.07) is 23.7. The van der Waals surface area contributed by atoms with E-state index in [2.05, 4.69) is 69.9 Å². The van der Waals surface area contributed by atoms with Crippen LogP contribution in [0.4, 0.5) is 0 Å². The topological polar surface area (TPSA) is 396 Å². The van der Waals surface area contributed by atoms with Crippen LogP contribution in [-0.4, -0.2) is 157 Å². The van der Waals surface area contributed by atoms with Gasteiger partial charge in [0.25, 0.3) is 29.5 Å². The third kappa shape index (κ3) is 34.1. The zero-order chi connectivity index (χ0) is 93.4. The monoisotopic (exact) mass is 1820 g/mol. The lowest BCUT2D eigenvalue weighted by atomic mass is 9.70. The van der Waals surface area contributed by atoms with Gasteiger partial charge in [-0.25, -0.2) is 14.4 Å². The molecule has 6 saturated carbocycles. The molecule has 0 radical (unpaired) electrons. The molecule has 24 nitrogen and oxygen atoms in total. The maximum atomic E-state index is 13.5. The molecular formula is C107H164N8O16. The van der Waals surface area contributed by atoms with Crippen LogP contribution in [-0.2, 0) is 9.59 Å². The van der Waals surface area contributed by atoms with Gasteiger partial charge in [0.15, 0.2) is 5.78 Å². The summed E-state index contributed by atoms with van der Waals surface area (Å²) in [4.78, 5) is 134. The molecule has 24 heteroatoms. The van der Waals surface area contributed by atoms with Crippen molar-refractivity contribution in [2.75, 3.05) is 20.1 Å². The summed E-state index contributed by atoms with van der Waals surface area (Å²) in [6.45, 7) is 16.2. The van der Waals surface area contributed by atoms with Gasteiger partial charge in [0.1, 0.15) is 6.23 Å². The number of hydrogen-bond acceptors (Lipinski definition) is 16. The highest BCUT2D eigenvalue weighted by Crippen LogP contribution is 2.43. The van der Waals surface area contributed by atoms with E-state index in [4.69, 9.17) is 31.9 Å². The Bertz CT molecular complexity index is 4290. The van der Waals surface area contributed by atoms with Crippen molar-refractivity contribution in [3.8, 4) is 0 Å². The van der Waals surface area contributed by atoms with Crippen LogP contribution in [0.1, 0.15) is 432 Å². The van der Waals surface area contributed by atoms with Crippen molar-refractivity contribution < 1.29 is 78.3 Å². The Hall–Kier alpha value is -8.55. The number of aromatic carboxylic acids is 3. The van der Waals surface area contributed by atoms with Gasteiger partial charge < -0.3 is 53.0 Å². The first kappa shape index (κ1) is 109. The molecule has 0 bridgehead atoms. The second-order valence-corrected chi connectivity index (χ2v) is 40.3. The van der Waals surface area contributed by atoms with Crippen molar-refractivity contribution in [2.45, 2.75) is 369 Å². The SMILES string of the molecule is C.C.CC1CC(CC2CCC(N)C(C)C2)CCC1N.CNC1CCC(CC2CCC(NC(=O)c3ccc4c(c3)C(=O)N(CCCCCCCCCCCC(=O)NC3CCC(CC5CCC(NC(O)c6cccc(C(C)=O)c6)C(C)C5)CC3C)C4=O)C(C)C2)CC1C.O=C(O)CCCCCCCCCCCN1C(=O)c2ccc(C(=O)O)cc2C1=O.O=C(O)c1cccc(C(=O)O)c1. The van der Waals surface area contributed by atoms with Crippen LogP contribution < -0.4 is 32.7 Å². The van der Waals surface area contributed by atoms with E-state index >= 15 is 0 Å². The van der Waals surface area contributed by atoms with Crippen LogP contribution in [0.5, 0.6) is 0 Å². The minimum absolute atomic E-state index is 0. The molecule has 0 saturated heterocycles. The maximum absolute atomic E-state index is 13.5. The first-order valence-corrected chi connectivity index (χ1v) is 49.6. The van der Waals surface area contributed by atoms with E-state index in [1.807, 2.05) is 12.1 Å². The Balaban J connectivity index is 0.000000319. The van der Waals surface area contributed by atoms with E-state index in [9.17, 15) is 57.8 Å². The van der Waals surface area contributed by atoms with E-state index in [0.717, 1.165) is 207 Å². The smallest absolute Gasteiger partial charge is 0.335 e. The molecule has 6 amide bonds. The molecule has 2 aliphatic heterocycles. The number of carboxylic acids is 4. The molecule has 2 heterocycles.